The number of fused-ring (bicyclic) bond motifs is 2. The van der Waals surface area contributed by atoms with Crippen LogP contribution in [0.2, 0.25) is 0 Å². The van der Waals surface area contributed by atoms with E-state index in [2.05, 4.69) is 45.0 Å². The van der Waals surface area contributed by atoms with Gasteiger partial charge in [-0.3, -0.25) is 4.79 Å². The molecule has 1 atom stereocenters. The number of hydrogen-bond donors (Lipinski definition) is 2. The van der Waals surface area contributed by atoms with Gasteiger partial charge in [-0.25, -0.2) is 4.68 Å². The third kappa shape index (κ3) is 4.43. The summed E-state index contributed by atoms with van der Waals surface area (Å²) in [7, 11) is 0. The van der Waals surface area contributed by atoms with Gasteiger partial charge in [0.05, 0.1) is 5.57 Å². The number of para-hydroxylation sites is 1. The highest BCUT2D eigenvalue weighted by atomic mass is 16.5. The Morgan fingerprint density at radius 1 is 0.946 bits per heavy atom. The van der Waals surface area contributed by atoms with Crippen molar-refractivity contribution in [2.75, 3.05) is 10.6 Å². The maximum absolute atomic E-state index is 13.4. The van der Waals surface area contributed by atoms with Crippen LogP contribution in [0, 0.1) is 0 Å². The smallest absolute Gasteiger partial charge is 0.255 e. The Balaban J connectivity index is 1.27. The molecule has 2 heterocycles. The molecule has 7 nitrogen and oxygen atoms in total. The summed E-state index contributed by atoms with van der Waals surface area (Å²) < 4.78 is 7.87. The summed E-state index contributed by atoms with van der Waals surface area (Å²) in [5.74, 6) is 1.15. The minimum atomic E-state index is -0.436. The first-order chi connectivity index (χ1) is 18.2. The van der Waals surface area contributed by atoms with Crippen molar-refractivity contribution >= 4 is 28.3 Å². The summed E-state index contributed by atoms with van der Waals surface area (Å²) in [6.45, 7) is 2.35. The summed E-state index contributed by atoms with van der Waals surface area (Å²) >= 11 is 0. The summed E-state index contributed by atoms with van der Waals surface area (Å²) in [6.07, 6.45) is 1.49. The van der Waals surface area contributed by atoms with Crippen molar-refractivity contribution in [2.45, 2.75) is 19.6 Å². The van der Waals surface area contributed by atoms with E-state index < -0.39 is 6.04 Å². The number of ether oxygens (including phenoxy) is 1. The predicted octanol–water partition coefficient (Wildman–Crippen LogP) is 5.94. The molecule has 0 bridgehead atoms. The number of nitrogens with zero attached hydrogens (tertiary/aromatic N) is 3. The fourth-order valence-electron chi connectivity index (χ4n) is 4.74. The number of nitrogens with one attached hydrogen (secondary N) is 2. The zero-order chi connectivity index (χ0) is 25.2. The molecular formula is C30H25N5O2. The standard InChI is InChI=1S/C30H25N5O2/c1-20-27(29(36)34-24-11-3-2-4-12-24)28(35-30(33-20)31-19-32-35)22-14-16-25(17-15-22)37-18-23-10-7-9-21-8-5-6-13-26(21)23/h2-17,19,28H,18H2,1H3,(H,34,36)(H,31,32,33)/t28-/m0/s1. The molecule has 0 saturated carbocycles. The molecule has 2 N–H and O–H groups in total. The lowest BCUT2D eigenvalue weighted by atomic mass is 9.95. The molecule has 0 fully saturated rings. The number of allylic oxidation sites excluding steroid dienone is 1. The number of hydrogen-bond acceptors (Lipinski definition) is 5. The van der Waals surface area contributed by atoms with Gasteiger partial charge in [-0.1, -0.05) is 72.8 Å². The van der Waals surface area contributed by atoms with Crippen molar-refractivity contribution in [2.24, 2.45) is 0 Å². The lowest BCUT2D eigenvalue weighted by Crippen LogP contribution is -2.31. The third-order valence-corrected chi connectivity index (χ3v) is 6.54. The van der Waals surface area contributed by atoms with E-state index in [1.165, 1.54) is 17.1 Å². The van der Waals surface area contributed by atoms with Gasteiger partial charge >= 0.3 is 0 Å². The highest BCUT2D eigenvalue weighted by Gasteiger charge is 2.33. The van der Waals surface area contributed by atoms with E-state index in [1.54, 1.807) is 4.68 Å². The molecule has 7 heteroatoms. The molecule has 0 radical (unpaired) electrons. The van der Waals surface area contributed by atoms with Crippen molar-refractivity contribution < 1.29 is 9.53 Å². The lowest BCUT2D eigenvalue weighted by Gasteiger charge is -2.28. The van der Waals surface area contributed by atoms with Crippen LogP contribution in [0.15, 0.2) is 115 Å². The molecule has 5 aromatic rings. The average molecular weight is 488 g/mol. The molecule has 1 aliphatic heterocycles. The summed E-state index contributed by atoms with van der Waals surface area (Å²) in [4.78, 5) is 17.7. The Morgan fingerprint density at radius 3 is 2.54 bits per heavy atom. The summed E-state index contributed by atoms with van der Waals surface area (Å²) in [5.41, 5.74) is 4.07. The number of carbonyl (C=O) groups excluding carboxylic acids is 1. The van der Waals surface area contributed by atoms with Gasteiger partial charge in [-0.05, 0) is 53.1 Å². The van der Waals surface area contributed by atoms with Crippen LogP contribution in [0.1, 0.15) is 24.1 Å². The molecule has 0 unspecified atom stereocenters. The zero-order valence-electron chi connectivity index (χ0n) is 20.3. The number of anilines is 2. The normalized spacial score (nSPS) is 14.7. The first-order valence-electron chi connectivity index (χ1n) is 12.1. The molecule has 0 aliphatic carbocycles. The van der Waals surface area contributed by atoms with Crippen LogP contribution in [0.25, 0.3) is 10.8 Å². The van der Waals surface area contributed by atoms with Gasteiger partial charge < -0.3 is 15.4 Å². The maximum atomic E-state index is 13.4. The van der Waals surface area contributed by atoms with Crippen molar-refractivity contribution in [1.82, 2.24) is 14.8 Å². The van der Waals surface area contributed by atoms with Crippen LogP contribution in [0.4, 0.5) is 11.6 Å². The van der Waals surface area contributed by atoms with Gasteiger partial charge in [0.15, 0.2) is 0 Å². The van der Waals surface area contributed by atoms with Crippen molar-refractivity contribution in [3.05, 3.63) is 126 Å². The second kappa shape index (κ2) is 9.62. The Labute approximate surface area is 214 Å². The zero-order valence-corrected chi connectivity index (χ0v) is 20.3. The second-order valence-corrected chi connectivity index (χ2v) is 8.91. The largest absolute Gasteiger partial charge is 0.489 e. The Hall–Kier alpha value is -4.91. The van der Waals surface area contributed by atoms with E-state index in [4.69, 9.17) is 4.74 Å². The van der Waals surface area contributed by atoms with Gasteiger partial charge in [0.1, 0.15) is 24.7 Å². The average Bonchev–Trinajstić information content (AvgIpc) is 3.40. The van der Waals surface area contributed by atoms with Gasteiger partial charge in [-0.2, -0.15) is 10.1 Å². The van der Waals surface area contributed by atoms with Crippen LogP contribution in [0.3, 0.4) is 0 Å². The van der Waals surface area contributed by atoms with Crippen molar-refractivity contribution in [3.8, 4) is 5.75 Å². The number of carbonyl (C=O) groups is 1. The van der Waals surface area contributed by atoms with Gasteiger partial charge in [0, 0.05) is 11.4 Å². The number of amides is 1. The SMILES string of the molecule is CC1=C(C(=O)Nc2ccccc2)[C@H](c2ccc(OCc3cccc4ccccc34)cc2)n2ncnc2N1. The van der Waals surface area contributed by atoms with Gasteiger partial charge in [0.2, 0.25) is 5.95 Å². The first kappa shape index (κ1) is 22.5. The van der Waals surface area contributed by atoms with Crippen LogP contribution in [-0.2, 0) is 11.4 Å². The molecule has 1 amide bonds. The third-order valence-electron chi connectivity index (χ3n) is 6.54. The van der Waals surface area contributed by atoms with E-state index in [1.807, 2.05) is 79.7 Å². The molecule has 1 aromatic heterocycles. The Morgan fingerprint density at radius 2 is 1.70 bits per heavy atom. The molecular weight excluding hydrogens is 462 g/mol. The Kier molecular flexibility index (Phi) is 5.86. The topological polar surface area (TPSA) is 81.1 Å². The van der Waals surface area contributed by atoms with E-state index >= 15 is 0 Å². The molecule has 37 heavy (non-hydrogen) atoms. The fraction of sp³-hybridized carbons (Fsp3) is 0.100. The van der Waals surface area contributed by atoms with Crippen molar-refractivity contribution in [3.63, 3.8) is 0 Å². The number of rotatable bonds is 6. The quantitative estimate of drug-likeness (QED) is 0.310. The molecule has 1 aliphatic rings. The van der Waals surface area contributed by atoms with Crippen LogP contribution in [-0.4, -0.2) is 20.7 Å². The molecule has 0 saturated heterocycles. The highest BCUT2D eigenvalue weighted by molar-refractivity contribution is 6.06. The van der Waals surface area contributed by atoms with E-state index in [9.17, 15) is 4.79 Å². The van der Waals surface area contributed by atoms with E-state index in [0.717, 1.165) is 28.3 Å². The van der Waals surface area contributed by atoms with Crippen molar-refractivity contribution in [1.29, 1.82) is 0 Å². The Bertz CT molecular complexity index is 1600. The molecule has 0 spiro atoms. The van der Waals surface area contributed by atoms with Gasteiger partial charge in [-0.15, -0.1) is 0 Å². The lowest BCUT2D eigenvalue weighted by molar-refractivity contribution is -0.113. The molecule has 182 valence electrons. The maximum Gasteiger partial charge on any atom is 0.255 e. The van der Waals surface area contributed by atoms with Crippen LogP contribution in [0.5, 0.6) is 5.75 Å². The van der Waals surface area contributed by atoms with E-state index in [-0.39, 0.29) is 5.91 Å². The fourth-order valence-corrected chi connectivity index (χ4v) is 4.74. The van der Waals surface area contributed by atoms with E-state index in [0.29, 0.717) is 18.1 Å². The monoisotopic (exact) mass is 487 g/mol. The van der Waals surface area contributed by atoms with Crippen LogP contribution < -0.4 is 15.4 Å². The predicted molar refractivity (Wildman–Crippen MR) is 144 cm³/mol. The van der Waals surface area contributed by atoms with Gasteiger partial charge in [0.25, 0.3) is 5.91 Å². The summed E-state index contributed by atoms with van der Waals surface area (Å²) in [6, 6.07) is 31.3. The first-order valence-corrected chi connectivity index (χ1v) is 12.1. The number of benzene rings is 4. The minimum absolute atomic E-state index is 0.196. The van der Waals surface area contributed by atoms with Crippen LogP contribution >= 0.6 is 0 Å². The second-order valence-electron chi connectivity index (χ2n) is 8.91. The number of aromatic nitrogens is 3. The highest BCUT2D eigenvalue weighted by Crippen LogP contribution is 2.36. The molecule has 4 aromatic carbocycles. The molecule has 6 rings (SSSR count). The minimum Gasteiger partial charge on any atom is -0.489 e. The summed E-state index contributed by atoms with van der Waals surface area (Å²) in [5, 5.41) is 13.0.